The lowest BCUT2D eigenvalue weighted by Gasteiger charge is -2.35. The molecule has 1 atom stereocenters. The van der Waals surface area contributed by atoms with Gasteiger partial charge in [-0.1, -0.05) is 18.2 Å². The molecular weight excluding hydrogens is 273 g/mol. The highest BCUT2D eigenvalue weighted by atomic mass is 19.4. The van der Waals surface area contributed by atoms with Gasteiger partial charge in [0.15, 0.2) is 0 Å². The van der Waals surface area contributed by atoms with Crippen LogP contribution in [-0.2, 0) is 4.84 Å². The molecule has 2 rings (SSSR count). The second-order valence-corrected chi connectivity index (χ2v) is 4.39. The number of hydrogen-bond donors (Lipinski definition) is 0. The number of alkyl halides is 3. The number of benzene rings is 1. The van der Waals surface area contributed by atoms with Gasteiger partial charge in [-0.05, 0) is 25.3 Å². The van der Waals surface area contributed by atoms with E-state index in [4.69, 9.17) is 4.84 Å². The maximum absolute atomic E-state index is 12.6. The van der Waals surface area contributed by atoms with Crippen LogP contribution >= 0.6 is 0 Å². The van der Waals surface area contributed by atoms with Gasteiger partial charge < -0.3 is 4.84 Å². The lowest BCUT2D eigenvalue weighted by atomic mass is 10.2. The minimum atomic E-state index is -4.35. The van der Waals surface area contributed by atoms with Crippen LogP contribution in [-0.4, -0.2) is 41.9 Å². The molecule has 1 aliphatic heterocycles. The van der Waals surface area contributed by atoms with Crippen molar-refractivity contribution < 1.29 is 22.8 Å². The maximum Gasteiger partial charge on any atom is 0.407 e. The Bertz CT molecular complexity index is 502. The quantitative estimate of drug-likeness (QED) is 0.836. The zero-order chi connectivity index (χ0) is 14.8. The van der Waals surface area contributed by atoms with E-state index in [9.17, 15) is 18.0 Å². The Kier molecular flexibility index (Phi) is 3.99. The number of hydrogen-bond acceptors (Lipinski definition) is 4. The lowest BCUT2D eigenvalue weighted by Crippen LogP contribution is -2.49. The number of carbonyl (C=O) groups excluding carboxylic acids is 1. The third-order valence-electron chi connectivity index (χ3n) is 2.82. The van der Waals surface area contributed by atoms with Crippen LogP contribution in [0.1, 0.15) is 10.4 Å². The molecule has 0 bridgehead atoms. The zero-order valence-electron chi connectivity index (χ0n) is 10.7. The molecule has 0 fully saturated rings. The van der Waals surface area contributed by atoms with Crippen LogP contribution in [0.4, 0.5) is 13.2 Å². The van der Waals surface area contributed by atoms with Crippen molar-refractivity contribution in [3.63, 3.8) is 0 Å². The number of nitrogens with zero attached hydrogens (tertiary/aromatic N) is 2. The summed E-state index contributed by atoms with van der Waals surface area (Å²) in [6, 6.07) is 6.56. The number of carbonyl (C=O) groups is 1. The normalized spacial score (nSPS) is 20.0. The number of halogens is 3. The van der Waals surface area contributed by atoms with Gasteiger partial charge in [0.2, 0.25) is 0 Å². The van der Waals surface area contributed by atoms with Crippen LogP contribution in [0.2, 0.25) is 0 Å². The highest BCUT2D eigenvalue weighted by Crippen LogP contribution is 2.27. The first-order valence-corrected chi connectivity index (χ1v) is 5.87. The molecule has 4 nitrogen and oxygen atoms in total. The standard InChI is InChI=1S/C13H13F3N2O2/c1-17-9-18(8-7-11(17)13(14,15)16)20-12(19)10-5-3-2-4-6-10/h2-8,11H,9H2,1H3. The summed E-state index contributed by atoms with van der Waals surface area (Å²) >= 11 is 0. The van der Waals surface area contributed by atoms with Gasteiger partial charge in [0.05, 0.1) is 5.56 Å². The van der Waals surface area contributed by atoms with E-state index in [1.54, 1.807) is 30.3 Å². The van der Waals surface area contributed by atoms with Crippen LogP contribution in [0, 0.1) is 0 Å². The van der Waals surface area contributed by atoms with Crippen LogP contribution in [0.3, 0.4) is 0 Å². The van der Waals surface area contributed by atoms with Gasteiger partial charge in [-0.25, -0.2) is 4.79 Å². The summed E-state index contributed by atoms with van der Waals surface area (Å²) in [7, 11) is 1.31. The first-order chi connectivity index (χ1) is 9.38. The molecular formula is C13H13F3N2O2. The summed E-state index contributed by atoms with van der Waals surface area (Å²) in [6.07, 6.45) is -2.28. The van der Waals surface area contributed by atoms with E-state index in [1.165, 1.54) is 7.05 Å². The first kappa shape index (κ1) is 14.4. The highest BCUT2D eigenvalue weighted by Gasteiger charge is 2.42. The van der Waals surface area contributed by atoms with Gasteiger partial charge in [0, 0.05) is 6.20 Å². The van der Waals surface area contributed by atoms with Crippen LogP contribution in [0.5, 0.6) is 0 Å². The predicted molar refractivity (Wildman–Crippen MR) is 65.3 cm³/mol. The molecule has 0 spiro atoms. The molecule has 0 saturated carbocycles. The highest BCUT2D eigenvalue weighted by molar-refractivity contribution is 5.89. The second-order valence-electron chi connectivity index (χ2n) is 4.39. The summed E-state index contributed by atoms with van der Waals surface area (Å²) in [5, 5.41) is 1.07. The first-order valence-electron chi connectivity index (χ1n) is 5.87. The monoisotopic (exact) mass is 286 g/mol. The van der Waals surface area contributed by atoms with Gasteiger partial charge >= 0.3 is 12.1 Å². The summed E-state index contributed by atoms with van der Waals surface area (Å²) < 4.78 is 37.9. The Morgan fingerprint density at radius 2 is 1.95 bits per heavy atom. The largest absolute Gasteiger partial charge is 0.407 e. The Hall–Kier alpha value is -2.02. The third-order valence-corrected chi connectivity index (χ3v) is 2.82. The van der Waals surface area contributed by atoms with Gasteiger partial charge in [-0.15, -0.1) is 0 Å². The average Bonchev–Trinajstić information content (AvgIpc) is 2.38. The number of hydroxylamine groups is 2. The SMILES string of the molecule is CN1CN(OC(=O)c2ccccc2)C=CC1C(F)(F)F. The zero-order valence-corrected chi connectivity index (χ0v) is 10.7. The molecule has 0 saturated heterocycles. The minimum Gasteiger partial charge on any atom is -0.335 e. The summed E-state index contributed by atoms with van der Waals surface area (Å²) in [5.74, 6) is -0.617. The Morgan fingerprint density at radius 3 is 2.50 bits per heavy atom. The third kappa shape index (κ3) is 3.30. The Balaban J connectivity index is 2.01. The molecule has 108 valence electrons. The molecule has 1 aliphatic rings. The molecule has 0 aromatic heterocycles. The Morgan fingerprint density at radius 1 is 1.30 bits per heavy atom. The number of likely N-dealkylation sites (N-methyl/N-ethyl adjacent to an activating group) is 1. The molecule has 1 unspecified atom stereocenters. The van der Waals surface area contributed by atoms with E-state index in [0.29, 0.717) is 5.56 Å². The van der Waals surface area contributed by atoms with E-state index in [-0.39, 0.29) is 6.67 Å². The molecule has 0 aliphatic carbocycles. The van der Waals surface area contributed by atoms with Crippen molar-refractivity contribution in [2.75, 3.05) is 13.7 Å². The van der Waals surface area contributed by atoms with Gasteiger partial charge in [0.25, 0.3) is 0 Å². The lowest BCUT2D eigenvalue weighted by molar-refractivity contribution is -0.190. The van der Waals surface area contributed by atoms with Crippen LogP contribution < -0.4 is 0 Å². The molecule has 1 aromatic rings. The van der Waals surface area contributed by atoms with Gasteiger partial charge in [-0.3, -0.25) is 4.90 Å². The molecule has 0 radical (unpaired) electrons. The van der Waals surface area contributed by atoms with E-state index in [0.717, 1.165) is 22.2 Å². The molecule has 0 N–H and O–H groups in total. The van der Waals surface area contributed by atoms with Crippen LogP contribution in [0.15, 0.2) is 42.6 Å². The summed E-state index contributed by atoms with van der Waals surface area (Å²) in [6.45, 7) is -0.154. The topological polar surface area (TPSA) is 32.8 Å². The van der Waals surface area contributed by atoms with Crippen molar-refractivity contribution in [1.29, 1.82) is 0 Å². The average molecular weight is 286 g/mol. The fourth-order valence-electron chi connectivity index (χ4n) is 1.83. The molecule has 0 amide bonds. The molecule has 1 aromatic carbocycles. The number of rotatable bonds is 2. The van der Waals surface area contributed by atoms with E-state index >= 15 is 0 Å². The van der Waals surface area contributed by atoms with Crippen LogP contribution in [0.25, 0.3) is 0 Å². The fourth-order valence-corrected chi connectivity index (χ4v) is 1.83. The summed E-state index contributed by atoms with van der Waals surface area (Å²) in [5.41, 5.74) is 0.335. The predicted octanol–water partition coefficient (Wildman–Crippen LogP) is 2.41. The summed E-state index contributed by atoms with van der Waals surface area (Å²) in [4.78, 5) is 17.8. The van der Waals surface area contributed by atoms with E-state index < -0.39 is 18.2 Å². The fraction of sp³-hybridized carbons (Fsp3) is 0.308. The van der Waals surface area contributed by atoms with Gasteiger partial charge in [-0.2, -0.15) is 18.2 Å². The van der Waals surface area contributed by atoms with Crippen molar-refractivity contribution >= 4 is 5.97 Å². The molecule has 20 heavy (non-hydrogen) atoms. The van der Waals surface area contributed by atoms with Crippen molar-refractivity contribution in [3.8, 4) is 0 Å². The minimum absolute atomic E-state index is 0.154. The maximum atomic E-state index is 12.6. The molecule has 7 heteroatoms. The van der Waals surface area contributed by atoms with Crippen molar-refractivity contribution in [1.82, 2.24) is 9.96 Å². The second kappa shape index (κ2) is 5.54. The van der Waals surface area contributed by atoms with Crippen molar-refractivity contribution in [3.05, 3.63) is 48.2 Å². The Labute approximate surface area is 114 Å². The van der Waals surface area contributed by atoms with Gasteiger partial charge in [0.1, 0.15) is 12.7 Å². The molecule has 1 heterocycles. The van der Waals surface area contributed by atoms with E-state index in [1.807, 2.05) is 0 Å². The van der Waals surface area contributed by atoms with E-state index in [2.05, 4.69) is 0 Å². The smallest absolute Gasteiger partial charge is 0.335 e. The van der Waals surface area contributed by atoms with Crippen molar-refractivity contribution in [2.24, 2.45) is 0 Å². The van der Waals surface area contributed by atoms with Crippen molar-refractivity contribution in [2.45, 2.75) is 12.2 Å².